The van der Waals surface area contributed by atoms with Gasteiger partial charge in [0.25, 0.3) is 5.69 Å². The van der Waals surface area contributed by atoms with Gasteiger partial charge in [-0.1, -0.05) is 24.3 Å². The molecule has 2 aliphatic rings. The normalized spacial score (nSPS) is 16.2. The summed E-state index contributed by atoms with van der Waals surface area (Å²) in [5, 5.41) is 10.7. The summed E-state index contributed by atoms with van der Waals surface area (Å²) in [4.78, 5) is 12.9. The zero-order chi connectivity index (χ0) is 17.9. The molecule has 4 rings (SSSR count). The highest BCUT2D eigenvalue weighted by Crippen LogP contribution is 2.36. The van der Waals surface area contributed by atoms with Crippen LogP contribution in [0.4, 0.5) is 11.4 Å². The Labute approximate surface area is 153 Å². The Morgan fingerprint density at radius 3 is 2.04 bits per heavy atom. The van der Waals surface area contributed by atoms with Gasteiger partial charge in [0.2, 0.25) is 0 Å². The molecule has 26 heavy (non-hydrogen) atoms. The first-order valence-electron chi connectivity index (χ1n) is 9.21. The number of hydrogen-bond donors (Lipinski definition) is 0. The summed E-state index contributed by atoms with van der Waals surface area (Å²) in [6, 6.07) is 11.2. The van der Waals surface area contributed by atoms with E-state index in [0.29, 0.717) is 0 Å². The van der Waals surface area contributed by atoms with Gasteiger partial charge in [-0.05, 0) is 72.2 Å². The minimum absolute atomic E-state index is 0.120. The Morgan fingerprint density at radius 1 is 0.885 bits per heavy atom. The van der Waals surface area contributed by atoms with E-state index in [9.17, 15) is 10.1 Å². The van der Waals surface area contributed by atoms with Crippen LogP contribution in [0.1, 0.15) is 35.1 Å². The lowest BCUT2D eigenvalue weighted by Crippen LogP contribution is -2.34. The van der Waals surface area contributed by atoms with Crippen molar-refractivity contribution in [2.24, 2.45) is 0 Å². The Morgan fingerprint density at radius 2 is 1.46 bits per heavy atom. The maximum absolute atomic E-state index is 10.7. The van der Waals surface area contributed by atoms with E-state index in [1.54, 1.807) is 12.1 Å². The van der Waals surface area contributed by atoms with E-state index >= 15 is 0 Å². The molecule has 132 valence electrons. The van der Waals surface area contributed by atoms with Crippen LogP contribution < -0.4 is 4.90 Å². The van der Waals surface area contributed by atoms with Crippen LogP contribution in [0.25, 0.3) is 12.2 Å². The molecular weight excluding hydrogens is 324 g/mol. The van der Waals surface area contributed by atoms with Crippen molar-refractivity contribution in [2.45, 2.75) is 25.7 Å². The highest BCUT2D eigenvalue weighted by molar-refractivity contribution is 5.68. The smallest absolute Gasteiger partial charge is 0.269 e. The molecule has 2 heterocycles. The molecule has 2 aromatic rings. The van der Waals surface area contributed by atoms with Crippen LogP contribution in [-0.2, 0) is 12.8 Å². The predicted octanol–water partition coefficient (Wildman–Crippen LogP) is 5.02. The van der Waals surface area contributed by atoms with Gasteiger partial charge in [0.15, 0.2) is 0 Å². The number of nitro groups is 1. The van der Waals surface area contributed by atoms with Crippen LogP contribution in [0, 0.1) is 10.1 Å². The van der Waals surface area contributed by atoms with E-state index < -0.39 is 0 Å². The van der Waals surface area contributed by atoms with Gasteiger partial charge in [0.05, 0.1) is 4.92 Å². The summed E-state index contributed by atoms with van der Waals surface area (Å²) < 4.78 is 0. The standard InChI is InChI=1S/C22H22N2O2/c25-24(26)21-11-9-17(10-12-21)5-1-2-6-18-15-19-7-3-13-23-14-4-8-20(16-18)22(19)23/h1-2,5-6,9-12,15-16H,3-4,7-8,13-14H2/b5-1+,6-2+. The molecule has 0 spiro atoms. The fourth-order valence-corrected chi connectivity index (χ4v) is 3.97. The quantitative estimate of drug-likeness (QED) is 0.444. The van der Waals surface area contributed by atoms with Crippen molar-refractivity contribution >= 4 is 23.5 Å². The predicted molar refractivity (Wildman–Crippen MR) is 106 cm³/mol. The third-order valence-electron chi connectivity index (χ3n) is 5.15. The average Bonchev–Trinajstić information content (AvgIpc) is 2.66. The second kappa shape index (κ2) is 7.16. The number of allylic oxidation sites excluding steroid dienone is 2. The third kappa shape index (κ3) is 3.40. The summed E-state index contributed by atoms with van der Waals surface area (Å²) in [7, 11) is 0. The van der Waals surface area contributed by atoms with E-state index in [1.165, 1.54) is 73.3 Å². The largest absolute Gasteiger partial charge is 0.371 e. The van der Waals surface area contributed by atoms with Crippen LogP contribution >= 0.6 is 0 Å². The fourth-order valence-electron chi connectivity index (χ4n) is 3.97. The number of anilines is 1. The molecule has 0 N–H and O–H groups in total. The third-order valence-corrected chi connectivity index (χ3v) is 5.15. The zero-order valence-electron chi connectivity index (χ0n) is 14.7. The number of hydrogen-bond acceptors (Lipinski definition) is 3. The molecule has 0 amide bonds. The minimum Gasteiger partial charge on any atom is -0.371 e. The highest BCUT2D eigenvalue weighted by Gasteiger charge is 2.23. The second-order valence-electron chi connectivity index (χ2n) is 6.95. The van der Waals surface area contributed by atoms with Gasteiger partial charge in [-0.25, -0.2) is 0 Å². The summed E-state index contributed by atoms with van der Waals surface area (Å²) in [6.45, 7) is 2.40. The first kappa shape index (κ1) is 16.6. The summed E-state index contributed by atoms with van der Waals surface area (Å²) in [5.74, 6) is 0. The fraction of sp³-hybridized carbons (Fsp3) is 0.273. The summed E-state index contributed by atoms with van der Waals surface area (Å²) in [6.07, 6.45) is 13.0. The molecule has 4 heteroatoms. The molecule has 0 unspecified atom stereocenters. The molecule has 0 radical (unpaired) electrons. The number of non-ortho nitro benzene ring substituents is 1. The summed E-state index contributed by atoms with van der Waals surface area (Å²) in [5.41, 5.74) is 6.82. The van der Waals surface area contributed by atoms with Crippen molar-refractivity contribution in [3.63, 3.8) is 0 Å². The first-order chi connectivity index (χ1) is 12.7. The van der Waals surface area contributed by atoms with Crippen molar-refractivity contribution in [3.8, 4) is 0 Å². The second-order valence-corrected chi connectivity index (χ2v) is 6.95. The molecule has 0 saturated heterocycles. The molecule has 0 aliphatic carbocycles. The van der Waals surface area contributed by atoms with Gasteiger partial charge in [-0.15, -0.1) is 0 Å². The van der Waals surface area contributed by atoms with Crippen molar-refractivity contribution in [1.29, 1.82) is 0 Å². The Bertz CT molecular complexity index is 851. The van der Waals surface area contributed by atoms with Crippen LogP contribution in [0.15, 0.2) is 48.6 Å². The Balaban J connectivity index is 1.49. The maximum Gasteiger partial charge on any atom is 0.269 e. The van der Waals surface area contributed by atoms with Crippen LogP contribution in [0.5, 0.6) is 0 Å². The van der Waals surface area contributed by atoms with E-state index in [4.69, 9.17) is 0 Å². The molecule has 0 aromatic heterocycles. The van der Waals surface area contributed by atoms with Gasteiger partial charge in [0, 0.05) is 30.9 Å². The van der Waals surface area contributed by atoms with Gasteiger partial charge in [-0.2, -0.15) is 0 Å². The van der Waals surface area contributed by atoms with Crippen molar-refractivity contribution in [2.75, 3.05) is 18.0 Å². The molecule has 0 bridgehead atoms. The summed E-state index contributed by atoms with van der Waals surface area (Å²) >= 11 is 0. The van der Waals surface area contributed by atoms with Crippen LogP contribution in [-0.4, -0.2) is 18.0 Å². The molecule has 0 saturated carbocycles. The first-order valence-corrected chi connectivity index (χ1v) is 9.21. The maximum atomic E-state index is 10.7. The molecule has 2 aliphatic heterocycles. The SMILES string of the molecule is O=[N+]([O-])c1ccc(/C=C/C=C/c2cc3c4c(c2)CCCN4CCC3)cc1. The van der Waals surface area contributed by atoms with Crippen molar-refractivity contribution in [3.05, 3.63) is 80.9 Å². The van der Waals surface area contributed by atoms with E-state index in [1.807, 2.05) is 18.2 Å². The monoisotopic (exact) mass is 346 g/mol. The van der Waals surface area contributed by atoms with Crippen LogP contribution in [0.3, 0.4) is 0 Å². The number of aryl methyl sites for hydroxylation is 2. The van der Waals surface area contributed by atoms with Crippen LogP contribution in [0.2, 0.25) is 0 Å². The van der Waals surface area contributed by atoms with Gasteiger partial charge >= 0.3 is 0 Å². The highest BCUT2D eigenvalue weighted by atomic mass is 16.6. The molecule has 2 aromatic carbocycles. The number of nitro benzene ring substituents is 1. The average molecular weight is 346 g/mol. The lowest BCUT2D eigenvalue weighted by molar-refractivity contribution is -0.384. The van der Waals surface area contributed by atoms with Crippen molar-refractivity contribution in [1.82, 2.24) is 0 Å². The number of benzene rings is 2. The topological polar surface area (TPSA) is 46.4 Å². The zero-order valence-corrected chi connectivity index (χ0v) is 14.7. The lowest BCUT2D eigenvalue weighted by atomic mass is 9.90. The van der Waals surface area contributed by atoms with Gasteiger partial charge < -0.3 is 4.90 Å². The lowest BCUT2D eigenvalue weighted by Gasteiger charge is -2.37. The molecule has 0 fully saturated rings. The molecule has 0 atom stereocenters. The number of rotatable bonds is 4. The Kier molecular flexibility index (Phi) is 4.57. The van der Waals surface area contributed by atoms with E-state index in [0.717, 1.165) is 5.56 Å². The van der Waals surface area contributed by atoms with Gasteiger partial charge in [-0.3, -0.25) is 10.1 Å². The van der Waals surface area contributed by atoms with Crippen molar-refractivity contribution < 1.29 is 4.92 Å². The van der Waals surface area contributed by atoms with E-state index in [-0.39, 0.29) is 10.6 Å². The molecular formula is C22H22N2O2. The Hall–Kier alpha value is -2.88. The number of nitrogens with zero attached hydrogens (tertiary/aromatic N) is 2. The minimum atomic E-state index is -0.378. The molecule has 4 nitrogen and oxygen atoms in total. The van der Waals surface area contributed by atoms with E-state index in [2.05, 4.69) is 23.1 Å². The van der Waals surface area contributed by atoms with Gasteiger partial charge in [0.1, 0.15) is 0 Å².